The highest BCUT2D eigenvalue weighted by atomic mass is 32.1. The Labute approximate surface area is 112 Å². The van der Waals surface area contributed by atoms with E-state index in [1.54, 1.807) is 0 Å². The number of ether oxygens (including phenoxy) is 1. The van der Waals surface area contributed by atoms with E-state index in [9.17, 15) is 0 Å². The fourth-order valence-electron chi connectivity index (χ4n) is 1.96. The Morgan fingerprint density at radius 3 is 2.72 bits per heavy atom. The van der Waals surface area contributed by atoms with Gasteiger partial charge in [0.1, 0.15) is 5.82 Å². The summed E-state index contributed by atoms with van der Waals surface area (Å²) in [7, 11) is 0. The largest absolute Gasteiger partial charge is 0.376 e. The molecule has 0 aliphatic heterocycles. The van der Waals surface area contributed by atoms with Crippen molar-refractivity contribution in [1.82, 2.24) is 9.36 Å². The Morgan fingerprint density at radius 1 is 1.50 bits per heavy atom. The third-order valence-corrected chi connectivity index (χ3v) is 3.78. The van der Waals surface area contributed by atoms with Crippen molar-refractivity contribution in [1.29, 1.82) is 0 Å². The summed E-state index contributed by atoms with van der Waals surface area (Å²) in [5, 5.41) is 4.19. The zero-order chi connectivity index (χ0) is 13.3. The summed E-state index contributed by atoms with van der Waals surface area (Å²) in [5.41, 5.74) is 5.98. The van der Waals surface area contributed by atoms with Gasteiger partial charge in [0.25, 0.3) is 0 Å². The molecule has 1 saturated carbocycles. The first kappa shape index (κ1) is 13.7. The first-order valence-electron chi connectivity index (χ1n) is 6.39. The van der Waals surface area contributed by atoms with Gasteiger partial charge in [0, 0.05) is 29.6 Å². The fourth-order valence-corrected chi connectivity index (χ4v) is 2.76. The summed E-state index contributed by atoms with van der Waals surface area (Å²) in [6.07, 6.45) is 1.11. The molecule has 1 heterocycles. The highest BCUT2D eigenvalue weighted by molar-refractivity contribution is 7.09. The summed E-state index contributed by atoms with van der Waals surface area (Å²) in [4.78, 5) is 4.52. The van der Waals surface area contributed by atoms with Gasteiger partial charge in [0.2, 0.25) is 5.13 Å². The second-order valence-electron chi connectivity index (χ2n) is 5.74. The number of hydrogen-bond acceptors (Lipinski definition) is 6. The van der Waals surface area contributed by atoms with E-state index < -0.39 is 0 Å². The molecule has 3 unspecified atom stereocenters. The van der Waals surface area contributed by atoms with Gasteiger partial charge < -0.3 is 15.8 Å². The number of anilines is 1. The van der Waals surface area contributed by atoms with Crippen molar-refractivity contribution in [2.75, 3.05) is 11.9 Å². The molecule has 1 aromatic heterocycles. The minimum Gasteiger partial charge on any atom is -0.376 e. The Balaban J connectivity index is 1.99. The van der Waals surface area contributed by atoms with Gasteiger partial charge in [-0.15, -0.1) is 0 Å². The van der Waals surface area contributed by atoms with Gasteiger partial charge in [-0.3, -0.25) is 0 Å². The third kappa shape index (κ3) is 2.81. The molecule has 3 atom stereocenters. The van der Waals surface area contributed by atoms with Crippen LogP contribution in [0.25, 0.3) is 0 Å². The topological polar surface area (TPSA) is 73.1 Å². The highest BCUT2D eigenvalue weighted by Crippen LogP contribution is 2.28. The normalized spacial score (nSPS) is 27.9. The van der Waals surface area contributed by atoms with Gasteiger partial charge in [-0.05, 0) is 13.3 Å². The molecule has 1 aliphatic carbocycles. The Kier molecular flexibility index (Phi) is 3.89. The van der Waals surface area contributed by atoms with Crippen LogP contribution >= 0.6 is 11.5 Å². The van der Waals surface area contributed by atoms with Crippen LogP contribution in [-0.4, -0.2) is 34.2 Å². The summed E-state index contributed by atoms with van der Waals surface area (Å²) < 4.78 is 10.0. The number of aromatic nitrogens is 2. The Bertz CT molecular complexity index is 399. The van der Waals surface area contributed by atoms with E-state index >= 15 is 0 Å². The van der Waals surface area contributed by atoms with Crippen molar-refractivity contribution in [3.8, 4) is 0 Å². The smallest absolute Gasteiger partial charge is 0.202 e. The molecule has 0 aromatic carbocycles. The number of nitrogens with zero attached hydrogens (tertiary/aromatic N) is 2. The predicted molar refractivity (Wildman–Crippen MR) is 74.0 cm³/mol. The van der Waals surface area contributed by atoms with Crippen LogP contribution in [0.5, 0.6) is 0 Å². The summed E-state index contributed by atoms with van der Waals surface area (Å²) in [6, 6.07) is 0.300. The summed E-state index contributed by atoms with van der Waals surface area (Å²) in [6.45, 7) is 9.05. The van der Waals surface area contributed by atoms with Crippen LogP contribution in [0.2, 0.25) is 0 Å². The molecule has 102 valence electrons. The molecule has 1 aromatic rings. The maximum Gasteiger partial charge on any atom is 0.202 e. The molecule has 0 radical (unpaired) electrons. The maximum absolute atomic E-state index is 6.00. The van der Waals surface area contributed by atoms with Gasteiger partial charge in [-0.1, -0.05) is 20.8 Å². The molecule has 0 spiro atoms. The molecule has 5 nitrogen and oxygen atoms in total. The van der Waals surface area contributed by atoms with Crippen LogP contribution in [0.15, 0.2) is 0 Å². The molecule has 0 bridgehead atoms. The maximum atomic E-state index is 6.00. The molecule has 1 aliphatic rings. The van der Waals surface area contributed by atoms with Crippen molar-refractivity contribution in [2.45, 2.75) is 57.7 Å². The van der Waals surface area contributed by atoms with E-state index in [0.717, 1.165) is 24.0 Å². The first-order valence-corrected chi connectivity index (χ1v) is 7.17. The van der Waals surface area contributed by atoms with E-state index in [2.05, 4.69) is 35.4 Å². The fraction of sp³-hybridized carbons (Fsp3) is 0.833. The standard InChI is InChI=1S/C12H22N4OS/c1-5-17-8-6-7(13)9(8)14-11-15-10(16-18-11)12(2,3)4/h7-9H,5-6,13H2,1-4H3,(H,14,15,16). The van der Waals surface area contributed by atoms with Crippen LogP contribution in [0.1, 0.15) is 39.9 Å². The molecular formula is C12H22N4OS. The summed E-state index contributed by atoms with van der Waals surface area (Å²) in [5.74, 6) is 0.871. The molecule has 1 fully saturated rings. The number of nitrogens with two attached hydrogens (primary N) is 1. The van der Waals surface area contributed by atoms with Crippen molar-refractivity contribution >= 4 is 16.7 Å². The van der Waals surface area contributed by atoms with Crippen molar-refractivity contribution in [2.24, 2.45) is 5.73 Å². The molecule has 3 N–H and O–H groups in total. The van der Waals surface area contributed by atoms with Gasteiger partial charge in [0.15, 0.2) is 0 Å². The van der Waals surface area contributed by atoms with Crippen LogP contribution in [0, 0.1) is 0 Å². The van der Waals surface area contributed by atoms with Crippen LogP contribution in [0.4, 0.5) is 5.13 Å². The van der Waals surface area contributed by atoms with E-state index in [1.165, 1.54) is 11.5 Å². The lowest BCUT2D eigenvalue weighted by molar-refractivity contribution is -0.0126. The van der Waals surface area contributed by atoms with E-state index in [0.29, 0.717) is 0 Å². The average molecular weight is 270 g/mol. The monoisotopic (exact) mass is 270 g/mol. The second kappa shape index (κ2) is 5.11. The lowest BCUT2D eigenvalue weighted by Gasteiger charge is -2.42. The van der Waals surface area contributed by atoms with Crippen molar-refractivity contribution in [3.63, 3.8) is 0 Å². The van der Waals surface area contributed by atoms with Gasteiger partial charge in [-0.2, -0.15) is 4.37 Å². The lowest BCUT2D eigenvalue weighted by atomic mass is 9.83. The summed E-state index contributed by atoms with van der Waals surface area (Å²) >= 11 is 1.39. The van der Waals surface area contributed by atoms with Crippen molar-refractivity contribution < 1.29 is 4.74 Å². The molecule has 0 saturated heterocycles. The Hall–Kier alpha value is -0.720. The van der Waals surface area contributed by atoms with E-state index in [4.69, 9.17) is 10.5 Å². The predicted octanol–water partition coefficient (Wildman–Crippen LogP) is 1.75. The van der Waals surface area contributed by atoms with E-state index in [-0.39, 0.29) is 23.6 Å². The molecule has 18 heavy (non-hydrogen) atoms. The lowest BCUT2D eigenvalue weighted by Crippen LogP contribution is -2.60. The van der Waals surface area contributed by atoms with Crippen LogP contribution in [-0.2, 0) is 10.2 Å². The highest BCUT2D eigenvalue weighted by Gasteiger charge is 2.40. The number of rotatable bonds is 4. The van der Waals surface area contributed by atoms with Gasteiger partial charge in [-0.25, -0.2) is 4.98 Å². The average Bonchev–Trinajstić information content (AvgIpc) is 2.74. The molecule has 6 heteroatoms. The molecule has 0 amide bonds. The zero-order valence-corrected chi connectivity index (χ0v) is 12.3. The second-order valence-corrected chi connectivity index (χ2v) is 6.49. The number of hydrogen-bond donors (Lipinski definition) is 2. The van der Waals surface area contributed by atoms with Gasteiger partial charge in [0.05, 0.1) is 12.1 Å². The zero-order valence-electron chi connectivity index (χ0n) is 11.4. The third-order valence-electron chi connectivity index (χ3n) is 3.13. The minimum absolute atomic E-state index is 0.0164. The Morgan fingerprint density at radius 2 is 2.22 bits per heavy atom. The minimum atomic E-state index is -0.0164. The van der Waals surface area contributed by atoms with Crippen LogP contribution in [0.3, 0.4) is 0 Å². The molecular weight excluding hydrogens is 248 g/mol. The number of nitrogens with one attached hydrogen (secondary N) is 1. The SMILES string of the molecule is CCOC1CC(N)C1Nc1nc(C(C)(C)C)ns1. The first-order chi connectivity index (χ1) is 8.41. The van der Waals surface area contributed by atoms with Crippen LogP contribution < -0.4 is 11.1 Å². The van der Waals surface area contributed by atoms with E-state index in [1.807, 2.05) is 6.92 Å². The quantitative estimate of drug-likeness (QED) is 0.872. The van der Waals surface area contributed by atoms with Gasteiger partial charge >= 0.3 is 0 Å². The molecule has 2 rings (SSSR count). The van der Waals surface area contributed by atoms with Crippen molar-refractivity contribution in [3.05, 3.63) is 5.82 Å².